The molecule has 4 rings (SSSR count). The number of hydrogen-bond acceptors (Lipinski definition) is 4. The summed E-state index contributed by atoms with van der Waals surface area (Å²) in [5.41, 5.74) is 4.69. The van der Waals surface area contributed by atoms with Gasteiger partial charge in [-0.05, 0) is 60.7 Å². The summed E-state index contributed by atoms with van der Waals surface area (Å²) < 4.78 is 6.85. The highest BCUT2D eigenvalue weighted by Gasteiger charge is 2.20. The van der Waals surface area contributed by atoms with Crippen LogP contribution in [0.25, 0.3) is 5.69 Å². The van der Waals surface area contributed by atoms with Gasteiger partial charge in [0.25, 0.3) is 5.91 Å². The number of carbonyl (C=O) groups is 2. The van der Waals surface area contributed by atoms with Crippen LogP contribution in [0.15, 0.2) is 91.0 Å². The summed E-state index contributed by atoms with van der Waals surface area (Å²) >= 11 is 0. The molecule has 1 heterocycles. The Kier molecular flexibility index (Phi) is 7.95. The molecule has 0 radical (unpaired) electrons. The van der Waals surface area contributed by atoms with E-state index in [1.54, 1.807) is 29.8 Å². The van der Waals surface area contributed by atoms with Crippen molar-refractivity contribution in [1.29, 1.82) is 0 Å². The number of benzene rings is 3. The Bertz CT molecular complexity index is 1300. The number of nitrogens with zero attached hydrogens (tertiary/aromatic N) is 2. The maximum absolute atomic E-state index is 13.2. The van der Waals surface area contributed by atoms with Gasteiger partial charge in [-0.2, -0.15) is 5.10 Å². The molecule has 0 aliphatic rings. The highest BCUT2D eigenvalue weighted by molar-refractivity contribution is 5.94. The number of nitrogens with one attached hydrogen (secondary N) is 1. The van der Waals surface area contributed by atoms with Gasteiger partial charge in [0.05, 0.1) is 18.3 Å². The molecule has 0 unspecified atom stereocenters. The molecular weight excluding hydrogens is 450 g/mol. The summed E-state index contributed by atoms with van der Waals surface area (Å²) in [6.07, 6.45) is 0.691. The van der Waals surface area contributed by atoms with Gasteiger partial charge in [-0.1, -0.05) is 74.5 Å². The fraction of sp³-hybridized carbons (Fsp3) is 0.233. The zero-order valence-electron chi connectivity index (χ0n) is 20.8. The highest BCUT2D eigenvalue weighted by atomic mass is 16.5. The van der Waals surface area contributed by atoms with Crippen LogP contribution in [0.5, 0.6) is 0 Å². The van der Waals surface area contributed by atoms with Crippen molar-refractivity contribution in [3.8, 4) is 5.69 Å². The van der Waals surface area contributed by atoms with Crippen molar-refractivity contribution in [2.75, 3.05) is 6.61 Å². The second-order valence-corrected chi connectivity index (χ2v) is 8.91. The van der Waals surface area contributed by atoms with E-state index < -0.39 is 5.97 Å². The first-order valence-corrected chi connectivity index (χ1v) is 12.2. The molecule has 1 atom stereocenters. The van der Waals surface area contributed by atoms with E-state index in [1.807, 2.05) is 74.5 Å². The lowest BCUT2D eigenvalue weighted by molar-refractivity contribution is 0.0518. The van der Waals surface area contributed by atoms with Crippen LogP contribution in [0.1, 0.15) is 70.4 Å². The SMILES string of the molecule is CCOC(=O)c1cc(C(C)C)n(-c2ccc(C(=O)N[C@H](Cc3ccccc3)c3ccccc3)cc2)n1. The lowest BCUT2D eigenvalue weighted by Crippen LogP contribution is -2.30. The van der Waals surface area contributed by atoms with Crippen LogP contribution in [0.2, 0.25) is 0 Å². The normalized spacial score (nSPS) is 11.8. The topological polar surface area (TPSA) is 73.2 Å². The van der Waals surface area contributed by atoms with Gasteiger partial charge in [-0.3, -0.25) is 4.79 Å². The average molecular weight is 482 g/mol. The van der Waals surface area contributed by atoms with E-state index in [0.29, 0.717) is 18.6 Å². The predicted molar refractivity (Wildman–Crippen MR) is 140 cm³/mol. The van der Waals surface area contributed by atoms with E-state index in [9.17, 15) is 9.59 Å². The third kappa shape index (κ3) is 5.89. The molecule has 0 aliphatic heterocycles. The predicted octanol–water partition coefficient (Wildman–Crippen LogP) is 5.89. The first-order valence-electron chi connectivity index (χ1n) is 12.2. The molecule has 1 amide bonds. The van der Waals surface area contributed by atoms with Gasteiger partial charge >= 0.3 is 5.97 Å². The van der Waals surface area contributed by atoms with Gasteiger partial charge in [0, 0.05) is 11.3 Å². The third-order valence-electron chi connectivity index (χ3n) is 5.98. The first-order chi connectivity index (χ1) is 17.5. The number of amides is 1. The summed E-state index contributed by atoms with van der Waals surface area (Å²) in [5.74, 6) is -0.448. The Balaban J connectivity index is 1.55. The van der Waals surface area contributed by atoms with E-state index in [4.69, 9.17) is 4.74 Å². The van der Waals surface area contributed by atoms with E-state index in [1.165, 1.54) is 0 Å². The van der Waals surface area contributed by atoms with Gasteiger partial charge < -0.3 is 10.1 Å². The first kappa shape index (κ1) is 24.9. The van der Waals surface area contributed by atoms with E-state index in [-0.39, 0.29) is 23.6 Å². The molecule has 4 aromatic rings. The monoisotopic (exact) mass is 481 g/mol. The molecule has 0 bridgehead atoms. The number of esters is 1. The van der Waals surface area contributed by atoms with Crippen molar-refractivity contribution in [3.05, 3.63) is 119 Å². The minimum absolute atomic E-state index is 0.147. The van der Waals surface area contributed by atoms with Crippen LogP contribution in [-0.2, 0) is 11.2 Å². The molecule has 0 fully saturated rings. The quantitative estimate of drug-likeness (QED) is 0.303. The number of hydrogen-bond donors (Lipinski definition) is 1. The molecule has 1 N–H and O–H groups in total. The van der Waals surface area contributed by atoms with Crippen molar-refractivity contribution in [2.24, 2.45) is 0 Å². The Hall–Kier alpha value is -4.19. The van der Waals surface area contributed by atoms with Crippen LogP contribution < -0.4 is 5.32 Å². The number of aromatic nitrogens is 2. The standard InChI is InChI=1S/C30H31N3O3/c1-4-36-30(35)27-20-28(21(2)3)33(32-27)25-17-15-24(16-18-25)29(34)31-26(23-13-9-6-10-14-23)19-22-11-7-5-8-12-22/h5-18,20-21,26H,4,19H2,1-3H3,(H,31,34)/t26-/m1/s1. The van der Waals surface area contributed by atoms with Crippen molar-refractivity contribution in [3.63, 3.8) is 0 Å². The number of rotatable bonds is 9. The molecule has 0 spiro atoms. The summed E-state index contributed by atoms with van der Waals surface area (Å²) in [5, 5.41) is 7.67. The maximum Gasteiger partial charge on any atom is 0.358 e. The van der Waals surface area contributed by atoms with Gasteiger partial charge in [-0.15, -0.1) is 0 Å². The molecule has 6 nitrogen and oxygen atoms in total. The fourth-order valence-corrected chi connectivity index (χ4v) is 4.10. The molecule has 6 heteroatoms. The molecule has 184 valence electrons. The summed E-state index contributed by atoms with van der Waals surface area (Å²) in [6.45, 7) is 6.15. The Labute approximate surface area is 211 Å². The minimum atomic E-state index is -0.445. The summed E-state index contributed by atoms with van der Waals surface area (Å²) in [6, 6.07) is 29.0. The van der Waals surface area contributed by atoms with E-state index in [2.05, 4.69) is 22.5 Å². The molecule has 1 aromatic heterocycles. The zero-order valence-corrected chi connectivity index (χ0v) is 20.8. The molecule has 0 saturated carbocycles. The lowest BCUT2D eigenvalue weighted by Gasteiger charge is -2.20. The highest BCUT2D eigenvalue weighted by Crippen LogP contribution is 2.23. The van der Waals surface area contributed by atoms with Gasteiger partial charge in [-0.25, -0.2) is 9.48 Å². The van der Waals surface area contributed by atoms with Crippen molar-refractivity contribution in [1.82, 2.24) is 15.1 Å². The molecule has 3 aromatic carbocycles. The van der Waals surface area contributed by atoms with Crippen LogP contribution in [-0.4, -0.2) is 28.3 Å². The molecular formula is C30H31N3O3. The molecule has 0 saturated heterocycles. The largest absolute Gasteiger partial charge is 0.461 e. The van der Waals surface area contributed by atoms with E-state index >= 15 is 0 Å². The van der Waals surface area contributed by atoms with Crippen LogP contribution in [0.3, 0.4) is 0 Å². The van der Waals surface area contributed by atoms with Crippen LogP contribution in [0.4, 0.5) is 0 Å². The Morgan fingerprint density at radius 3 is 2.17 bits per heavy atom. The van der Waals surface area contributed by atoms with Gasteiger partial charge in [0.15, 0.2) is 5.69 Å². The molecule has 0 aliphatic carbocycles. The second-order valence-electron chi connectivity index (χ2n) is 8.91. The Morgan fingerprint density at radius 1 is 0.917 bits per heavy atom. The number of ether oxygens (including phenoxy) is 1. The minimum Gasteiger partial charge on any atom is -0.461 e. The smallest absolute Gasteiger partial charge is 0.358 e. The second kappa shape index (κ2) is 11.5. The van der Waals surface area contributed by atoms with E-state index in [0.717, 1.165) is 22.5 Å². The number of carbonyl (C=O) groups excluding carboxylic acids is 2. The van der Waals surface area contributed by atoms with Crippen molar-refractivity contribution < 1.29 is 14.3 Å². The average Bonchev–Trinajstić information content (AvgIpc) is 3.36. The zero-order chi connectivity index (χ0) is 25.5. The summed E-state index contributed by atoms with van der Waals surface area (Å²) in [4.78, 5) is 25.4. The fourth-order valence-electron chi connectivity index (χ4n) is 4.10. The third-order valence-corrected chi connectivity index (χ3v) is 5.98. The van der Waals surface area contributed by atoms with Gasteiger partial charge in [0.2, 0.25) is 0 Å². The van der Waals surface area contributed by atoms with Crippen molar-refractivity contribution in [2.45, 2.75) is 39.2 Å². The molecule has 36 heavy (non-hydrogen) atoms. The Morgan fingerprint density at radius 2 is 1.56 bits per heavy atom. The maximum atomic E-state index is 13.2. The van der Waals surface area contributed by atoms with Crippen LogP contribution >= 0.6 is 0 Å². The van der Waals surface area contributed by atoms with Gasteiger partial charge in [0.1, 0.15) is 0 Å². The lowest BCUT2D eigenvalue weighted by atomic mass is 9.98. The van der Waals surface area contributed by atoms with Crippen molar-refractivity contribution >= 4 is 11.9 Å². The van der Waals surface area contributed by atoms with Crippen LogP contribution in [0, 0.1) is 0 Å². The summed E-state index contributed by atoms with van der Waals surface area (Å²) in [7, 11) is 0.